The molecule has 6 nitrogen and oxygen atoms in total. The van der Waals surface area contributed by atoms with E-state index in [1.807, 2.05) is 13.8 Å². The van der Waals surface area contributed by atoms with Gasteiger partial charge in [0, 0.05) is 12.7 Å². The second-order valence-corrected chi connectivity index (χ2v) is 7.27. The van der Waals surface area contributed by atoms with Crippen molar-refractivity contribution in [2.24, 2.45) is 5.16 Å². The highest BCUT2D eigenvalue weighted by molar-refractivity contribution is 6.40. The molecule has 3 aliphatic rings. The zero-order valence-corrected chi connectivity index (χ0v) is 14.9. The van der Waals surface area contributed by atoms with Crippen LogP contribution in [-0.4, -0.2) is 42.9 Å². The van der Waals surface area contributed by atoms with E-state index < -0.39 is 30.1 Å². The second kappa shape index (κ2) is 5.56. The van der Waals surface area contributed by atoms with Crippen LogP contribution in [0.5, 0.6) is 0 Å². The Hall–Kier alpha value is -0.890. The summed E-state index contributed by atoms with van der Waals surface area (Å²) in [7, 11) is 1.55. The molecule has 0 saturated carbocycles. The first kappa shape index (κ1) is 16.6. The van der Waals surface area contributed by atoms with Gasteiger partial charge in [-0.2, -0.15) is 0 Å². The number of halogens is 2. The highest BCUT2D eigenvalue weighted by atomic mass is 35.5. The summed E-state index contributed by atoms with van der Waals surface area (Å²) in [5.74, 6) is -1.87. The number of nitrogens with zero attached hydrogens (tertiary/aromatic N) is 1. The summed E-state index contributed by atoms with van der Waals surface area (Å²) in [5, 5.41) is 5.18. The molecular formula is C16H17Cl2NO5. The van der Waals surface area contributed by atoms with Crippen molar-refractivity contribution in [3.8, 4) is 0 Å². The van der Waals surface area contributed by atoms with E-state index in [0.29, 0.717) is 27.7 Å². The lowest BCUT2D eigenvalue weighted by Crippen LogP contribution is -2.43. The van der Waals surface area contributed by atoms with Crippen LogP contribution in [0.4, 0.5) is 0 Å². The Bertz CT molecular complexity index is 689. The van der Waals surface area contributed by atoms with Crippen molar-refractivity contribution in [3.63, 3.8) is 0 Å². The quantitative estimate of drug-likeness (QED) is 0.795. The van der Waals surface area contributed by atoms with E-state index in [1.165, 1.54) is 0 Å². The van der Waals surface area contributed by atoms with Crippen LogP contribution in [0.3, 0.4) is 0 Å². The molecule has 4 atom stereocenters. The lowest BCUT2D eigenvalue weighted by atomic mass is 9.98. The maximum absolute atomic E-state index is 6.27. The summed E-state index contributed by atoms with van der Waals surface area (Å²) in [4.78, 5) is 5.68. The number of hydrogen-bond acceptors (Lipinski definition) is 6. The average molecular weight is 374 g/mol. The van der Waals surface area contributed by atoms with E-state index in [0.717, 1.165) is 0 Å². The summed E-state index contributed by atoms with van der Waals surface area (Å²) in [6.07, 6.45) is -1.15. The summed E-state index contributed by atoms with van der Waals surface area (Å²) in [6, 6.07) is 5.29. The van der Waals surface area contributed by atoms with Gasteiger partial charge in [0.2, 0.25) is 0 Å². The summed E-state index contributed by atoms with van der Waals surface area (Å²) in [5.41, 5.74) is 1.24. The van der Waals surface area contributed by atoms with Gasteiger partial charge in [-0.15, -0.1) is 0 Å². The molecule has 0 unspecified atom stereocenters. The first-order valence-corrected chi connectivity index (χ1v) is 8.36. The zero-order valence-electron chi connectivity index (χ0n) is 13.4. The molecule has 2 saturated heterocycles. The van der Waals surface area contributed by atoms with Gasteiger partial charge in [-0.25, -0.2) is 0 Å². The van der Waals surface area contributed by atoms with Crippen molar-refractivity contribution < 1.29 is 23.8 Å². The van der Waals surface area contributed by atoms with Gasteiger partial charge in [-0.3, -0.25) is 0 Å². The SMILES string of the molecule is CO[C@@H]1O[C@@]2(CC(c3c(Cl)cccc3Cl)=NO2)[C@H]2OC(C)(C)O[C@@H]12. The van der Waals surface area contributed by atoms with Gasteiger partial charge in [0.15, 0.2) is 18.2 Å². The Morgan fingerprint density at radius 2 is 1.88 bits per heavy atom. The van der Waals surface area contributed by atoms with Gasteiger partial charge < -0.3 is 23.8 Å². The smallest absolute Gasteiger partial charge is 0.274 e. The number of oxime groups is 1. The lowest BCUT2D eigenvalue weighted by molar-refractivity contribution is -0.313. The van der Waals surface area contributed by atoms with Gasteiger partial charge in [0.1, 0.15) is 6.10 Å². The van der Waals surface area contributed by atoms with Crippen molar-refractivity contribution in [2.45, 2.75) is 50.3 Å². The molecular weight excluding hydrogens is 357 g/mol. The summed E-state index contributed by atoms with van der Waals surface area (Å²) in [6.45, 7) is 3.68. The van der Waals surface area contributed by atoms with Gasteiger partial charge in [0.05, 0.1) is 22.2 Å². The van der Waals surface area contributed by atoms with E-state index in [9.17, 15) is 0 Å². The molecule has 130 valence electrons. The van der Waals surface area contributed by atoms with E-state index in [1.54, 1.807) is 25.3 Å². The van der Waals surface area contributed by atoms with Crippen LogP contribution >= 0.6 is 23.2 Å². The van der Waals surface area contributed by atoms with Crippen LogP contribution in [0.1, 0.15) is 25.8 Å². The minimum Gasteiger partial charge on any atom is -0.356 e. The number of benzene rings is 1. The largest absolute Gasteiger partial charge is 0.356 e. The van der Waals surface area contributed by atoms with Gasteiger partial charge in [-0.05, 0) is 26.0 Å². The minimum absolute atomic E-state index is 0.330. The highest BCUT2D eigenvalue weighted by Gasteiger charge is 2.67. The molecule has 1 aromatic carbocycles. The van der Waals surface area contributed by atoms with E-state index in [-0.39, 0.29) is 0 Å². The molecule has 2 fully saturated rings. The number of hydrogen-bond donors (Lipinski definition) is 0. The summed E-state index contributed by atoms with van der Waals surface area (Å²) < 4.78 is 23.2. The topological polar surface area (TPSA) is 58.5 Å². The van der Waals surface area contributed by atoms with Crippen molar-refractivity contribution in [2.75, 3.05) is 7.11 Å². The predicted octanol–water partition coefficient (Wildman–Crippen LogP) is 3.34. The minimum atomic E-state index is -1.11. The van der Waals surface area contributed by atoms with Crippen molar-refractivity contribution in [3.05, 3.63) is 33.8 Å². The zero-order chi connectivity index (χ0) is 17.1. The van der Waals surface area contributed by atoms with Gasteiger partial charge >= 0.3 is 0 Å². The first-order chi connectivity index (χ1) is 11.4. The van der Waals surface area contributed by atoms with Crippen molar-refractivity contribution in [1.29, 1.82) is 0 Å². The Morgan fingerprint density at radius 3 is 2.54 bits per heavy atom. The molecule has 0 radical (unpaired) electrons. The number of fused-ring (bicyclic) bond motifs is 2. The fourth-order valence-corrected chi connectivity index (χ4v) is 4.01. The first-order valence-electron chi connectivity index (χ1n) is 7.61. The molecule has 0 aliphatic carbocycles. The maximum atomic E-state index is 6.27. The van der Waals surface area contributed by atoms with Gasteiger partial charge in [0.25, 0.3) is 5.79 Å². The molecule has 0 bridgehead atoms. The van der Waals surface area contributed by atoms with E-state index >= 15 is 0 Å². The lowest BCUT2D eigenvalue weighted by Gasteiger charge is -2.28. The molecule has 24 heavy (non-hydrogen) atoms. The molecule has 8 heteroatoms. The molecule has 1 spiro atoms. The van der Waals surface area contributed by atoms with Crippen LogP contribution in [0.2, 0.25) is 10.0 Å². The number of ether oxygens (including phenoxy) is 4. The molecule has 4 rings (SSSR count). The van der Waals surface area contributed by atoms with Gasteiger partial charge in [-0.1, -0.05) is 34.4 Å². The third-order valence-electron chi connectivity index (χ3n) is 4.35. The maximum Gasteiger partial charge on any atom is 0.274 e. The van der Waals surface area contributed by atoms with E-state index in [2.05, 4.69) is 5.16 Å². The fraction of sp³-hybridized carbons (Fsp3) is 0.562. The van der Waals surface area contributed by atoms with Crippen LogP contribution in [0, 0.1) is 0 Å². The fourth-order valence-electron chi connectivity index (χ4n) is 3.39. The van der Waals surface area contributed by atoms with E-state index in [4.69, 9.17) is 47.0 Å². The predicted molar refractivity (Wildman–Crippen MR) is 87.1 cm³/mol. The van der Waals surface area contributed by atoms with Crippen molar-refractivity contribution >= 4 is 28.9 Å². The number of rotatable bonds is 2. The Balaban J connectivity index is 1.65. The molecule has 3 heterocycles. The Labute approximate surface area is 149 Å². The van der Waals surface area contributed by atoms with Crippen molar-refractivity contribution in [1.82, 2.24) is 0 Å². The van der Waals surface area contributed by atoms with Crippen LogP contribution in [0.15, 0.2) is 23.4 Å². The number of methoxy groups -OCH3 is 1. The average Bonchev–Trinajstić information content (AvgIpc) is 3.14. The Morgan fingerprint density at radius 1 is 1.17 bits per heavy atom. The third kappa shape index (κ3) is 2.44. The molecule has 1 aromatic rings. The van der Waals surface area contributed by atoms with Crippen LogP contribution in [0.25, 0.3) is 0 Å². The molecule has 3 aliphatic heterocycles. The highest BCUT2D eigenvalue weighted by Crippen LogP contribution is 2.49. The molecule has 0 N–H and O–H groups in total. The monoisotopic (exact) mass is 373 g/mol. The molecule has 0 amide bonds. The third-order valence-corrected chi connectivity index (χ3v) is 4.98. The molecule has 0 aromatic heterocycles. The standard InChI is InChI=1S/C16H17Cl2NO5/c1-15(2)21-12-13(22-15)16(23-14(12)20-3)7-10(19-24-16)11-8(17)5-4-6-9(11)18/h4-6,12-14H,7H2,1-3H3/t12-,13+,14-,16-/m1/s1. The Kier molecular flexibility index (Phi) is 3.84. The second-order valence-electron chi connectivity index (χ2n) is 6.46. The normalized spacial score (nSPS) is 36.7. The van der Waals surface area contributed by atoms with Crippen LogP contribution in [-0.2, 0) is 23.8 Å². The van der Waals surface area contributed by atoms with Crippen LogP contribution < -0.4 is 0 Å². The summed E-state index contributed by atoms with van der Waals surface area (Å²) >= 11 is 12.5.